The minimum Gasteiger partial charge on any atom is -0.454 e. The Morgan fingerprint density at radius 2 is 1.96 bits per heavy atom. The Morgan fingerprint density at radius 1 is 1.21 bits per heavy atom. The fraction of sp³-hybridized carbons (Fsp3) is 0.278. The van der Waals surface area contributed by atoms with Gasteiger partial charge in [0.25, 0.3) is 5.91 Å². The van der Waals surface area contributed by atoms with E-state index in [0.29, 0.717) is 22.3 Å². The lowest BCUT2D eigenvalue weighted by Gasteiger charge is -2.26. The van der Waals surface area contributed by atoms with Gasteiger partial charge in [0, 0.05) is 16.4 Å². The van der Waals surface area contributed by atoms with Gasteiger partial charge in [-0.1, -0.05) is 19.9 Å². The molecule has 4 nitrogen and oxygen atoms in total. The molecule has 0 saturated carbocycles. The summed E-state index contributed by atoms with van der Waals surface area (Å²) < 4.78 is 24.3. The molecule has 0 aliphatic carbocycles. The lowest BCUT2D eigenvalue weighted by atomic mass is 9.84. The molecule has 0 radical (unpaired) electrons. The molecule has 0 fully saturated rings. The van der Waals surface area contributed by atoms with E-state index in [2.05, 4.69) is 21.2 Å². The van der Waals surface area contributed by atoms with Crippen molar-refractivity contribution in [2.75, 3.05) is 13.3 Å². The van der Waals surface area contributed by atoms with Gasteiger partial charge >= 0.3 is 0 Å². The first kappa shape index (κ1) is 16.8. The number of hydrogen-bond acceptors (Lipinski definition) is 3. The number of benzene rings is 2. The van der Waals surface area contributed by atoms with Crippen molar-refractivity contribution in [2.24, 2.45) is 0 Å². The van der Waals surface area contributed by atoms with Gasteiger partial charge in [0.15, 0.2) is 11.5 Å². The maximum atomic E-state index is 13.1. The molecule has 2 aromatic carbocycles. The summed E-state index contributed by atoms with van der Waals surface area (Å²) in [5.74, 6) is 0.803. The number of halogens is 2. The standard InChI is InChI=1S/C18H17BrFNO3/c1-18(2,11-3-6-15-16(7-11)24-10-23-15)9-21-17(22)13-5-4-12(20)8-14(13)19/h3-8H,9-10H2,1-2H3,(H,21,22). The molecule has 0 saturated heterocycles. The Hall–Kier alpha value is -2.08. The topological polar surface area (TPSA) is 47.6 Å². The number of amides is 1. The van der Waals surface area contributed by atoms with E-state index in [4.69, 9.17) is 9.47 Å². The largest absolute Gasteiger partial charge is 0.454 e. The number of nitrogens with one attached hydrogen (secondary N) is 1. The van der Waals surface area contributed by atoms with E-state index < -0.39 is 0 Å². The number of fused-ring (bicyclic) bond motifs is 1. The molecular weight excluding hydrogens is 377 g/mol. The zero-order chi connectivity index (χ0) is 17.3. The normalized spacial score (nSPS) is 13.0. The van der Waals surface area contributed by atoms with E-state index in [9.17, 15) is 9.18 Å². The Balaban J connectivity index is 1.71. The van der Waals surface area contributed by atoms with Crippen molar-refractivity contribution in [2.45, 2.75) is 19.3 Å². The van der Waals surface area contributed by atoms with E-state index in [0.717, 1.165) is 11.3 Å². The van der Waals surface area contributed by atoms with Crippen LogP contribution >= 0.6 is 15.9 Å². The summed E-state index contributed by atoms with van der Waals surface area (Å²) in [7, 11) is 0. The highest BCUT2D eigenvalue weighted by atomic mass is 79.9. The van der Waals surface area contributed by atoms with Crippen LogP contribution in [-0.2, 0) is 5.41 Å². The van der Waals surface area contributed by atoms with E-state index in [1.807, 2.05) is 32.0 Å². The van der Waals surface area contributed by atoms with Gasteiger partial charge < -0.3 is 14.8 Å². The van der Waals surface area contributed by atoms with Gasteiger partial charge in [-0.3, -0.25) is 4.79 Å². The van der Waals surface area contributed by atoms with Gasteiger partial charge in [-0.2, -0.15) is 0 Å². The van der Waals surface area contributed by atoms with Gasteiger partial charge in [-0.15, -0.1) is 0 Å². The van der Waals surface area contributed by atoms with Crippen LogP contribution in [0.1, 0.15) is 29.8 Å². The second-order valence-electron chi connectivity index (χ2n) is 6.26. The van der Waals surface area contributed by atoms with Crippen LogP contribution in [0.2, 0.25) is 0 Å². The molecule has 24 heavy (non-hydrogen) atoms. The molecule has 126 valence electrons. The SMILES string of the molecule is CC(C)(CNC(=O)c1ccc(F)cc1Br)c1ccc2c(c1)OCO2. The van der Waals surface area contributed by atoms with Crippen molar-refractivity contribution < 1.29 is 18.7 Å². The third kappa shape index (κ3) is 3.38. The predicted octanol–water partition coefficient (Wildman–Crippen LogP) is 4.02. The molecule has 0 bridgehead atoms. The van der Waals surface area contributed by atoms with Crippen molar-refractivity contribution in [1.82, 2.24) is 5.32 Å². The lowest BCUT2D eigenvalue weighted by molar-refractivity contribution is 0.0945. The molecule has 2 aromatic rings. The fourth-order valence-electron chi connectivity index (χ4n) is 2.49. The fourth-order valence-corrected chi connectivity index (χ4v) is 3.02. The molecule has 0 spiro atoms. The average molecular weight is 394 g/mol. The van der Waals surface area contributed by atoms with Crippen LogP contribution in [0.3, 0.4) is 0 Å². The summed E-state index contributed by atoms with van der Waals surface area (Å²) in [6.07, 6.45) is 0. The van der Waals surface area contributed by atoms with Gasteiger partial charge in [0.1, 0.15) is 5.82 Å². The zero-order valence-corrected chi connectivity index (χ0v) is 14.9. The summed E-state index contributed by atoms with van der Waals surface area (Å²) in [4.78, 5) is 12.3. The predicted molar refractivity (Wildman–Crippen MR) is 92.0 cm³/mol. The first-order valence-electron chi connectivity index (χ1n) is 7.50. The molecule has 6 heteroatoms. The van der Waals surface area contributed by atoms with Gasteiger partial charge in [-0.25, -0.2) is 4.39 Å². The van der Waals surface area contributed by atoms with Gasteiger partial charge in [-0.05, 0) is 51.8 Å². The van der Waals surface area contributed by atoms with Crippen molar-refractivity contribution in [3.63, 3.8) is 0 Å². The van der Waals surface area contributed by atoms with Gasteiger partial charge in [0.05, 0.1) is 5.56 Å². The van der Waals surface area contributed by atoms with Crippen molar-refractivity contribution in [3.05, 3.63) is 57.8 Å². The van der Waals surface area contributed by atoms with E-state index in [1.54, 1.807) is 0 Å². The third-order valence-corrected chi connectivity index (χ3v) is 4.68. The quantitative estimate of drug-likeness (QED) is 0.852. The number of rotatable bonds is 4. The molecule has 0 atom stereocenters. The van der Waals surface area contributed by atoms with E-state index in [-0.39, 0.29) is 23.9 Å². The molecule has 1 amide bonds. The molecule has 3 rings (SSSR count). The number of ether oxygens (including phenoxy) is 2. The van der Waals surface area contributed by atoms with Crippen molar-refractivity contribution in [1.29, 1.82) is 0 Å². The molecule has 1 heterocycles. The van der Waals surface area contributed by atoms with Crippen LogP contribution in [0.4, 0.5) is 4.39 Å². The summed E-state index contributed by atoms with van der Waals surface area (Å²) >= 11 is 3.22. The molecule has 1 aliphatic rings. The van der Waals surface area contributed by atoms with Crippen LogP contribution in [0.15, 0.2) is 40.9 Å². The molecular formula is C18H17BrFNO3. The van der Waals surface area contributed by atoms with Crippen LogP contribution in [-0.4, -0.2) is 19.2 Å². The Morgan fingerprint density at radius 3 is 2.71 bits per heavy atom. The molecule has 0 aromatic heterocycles. The minimum atomic E-state index is -0.390. The van der Waals surface area contributed by atoms with Crippen LogP contribution in [0, 0.1) is 5.82 Å². The van der Waals surface area contributed by atoms with E-state index >= 15 is 0 Å². The Bertz CT molecular complexity index is 792. The number of hydrogen-bond donors (Lipinski definition) is 1. The van der Waals surface area contributed by atoms with Crippen LogP contribution in [0.5, 0.6) is 11.5 Å². The summed E-state index contributed by atoms with van der Waals surface area (Å²) in [6, 6.07) is 9.77. The number of carbonyl (C=O) groups excluding carboxylic acids is 1. The van der Waals surface area contributed by atoms with Crippen LogP contribution in [0.25, 0.3) is 0 Å². The second-order valence-corrected chi connectivity index (χ2v) is 7.11. The smallest absolute Gasteiger partial charge is 0.252 e. The maximum absolute atomic E-state index is 13.1. The first-order chi connectivity index (χ1) is 11.4. The first-order valence-corrected chi connectivity index (χ1v) is 8.29. The maximum Gasteiger partial charge on any atom is 0.252 e. The molecule has 0 unspecified atom stereocenters. The second kappa shape index (κ2) is 6.43. The average Bonchev–Trinajstić information content (AvgIpc) is 3.00. The van der Waals surface area contributed by atoms with Crippen molar-refractivity contribution in [3.8, 4) is 11.5 Å². The lowest BCUT2D eigenvalue weighted by Crippen LogP contribution is -2.36. The van der Waals surface area contributed by atoms with Crippen LogP contribution < -0.4 is 14.8 Å². The highest BCUT2D eigenvalue weighted by Crippen LogP contribution is 2.36. The third-order valence-electron chi connectivity index (χ3n) is 4.02. The molecule has 1 aliphatic heterocycles. The molecule has 1 N–H and O–H groups in total. The van der Waals surface area contributed by atoms with Gasteiger partial charge in [0.2, 0.25) is 6.79 Å². The number of carbonyl (C=O) groups is 1. The summed E-state index contributed by atoms with van der Waals surface area (Å²) in [5, 5.41) is 2.90. The Labute approximate surface area is 148 Å². The van der Waals surface area contributed by atoms with Crippen molar-refractivity contribution >= 4 is 21.8 Å². The summed E-state index contributed by atoms with van der Waals surface area (Å²) in [6.45, 7) is 4.72. The van der Waals surface area contributed by atoms with E-state index in [1.165, 1.54) is 18.2 Å². The highest BCUT2D eigenvalue weighted by molar-refractivity contribution is 9.10. The monoisotopic (exact) mass is 393 g/mol. The zero-order valence-electron chi connectivity index (χ0n) is 13.4. The minimum absolute atomic E-state index is 0.231. The highest BCUT2D eigenvalue weighted by Gasteiger charge is 2.25. The summed E-state index contributed by atoms with van der Waals surface area (Å²) in [5.41, 5.74) is 1.13. The Kier molecular flexibility index (Phi) is 4.49.